The van der Waals surface area contributed by atoms with Crippen molar-refractivity contribution in [2.24, 2.45) is 0 Å². The number of hydrogen-bond donors (Lipinski definition) is 1. The molecule has 0 aromatic heterocycles. The number of nitrogens with zero attached hydrogens (tertiary/aromatic N) is 2. The fraction of sp³-hybridized carbons (Fsp3) is 0.333. The molecule has 4 rings (SSSR count). The zero-order valence-electron chi connectivity index (χ0n) is 22.2. The Hall–Kier alpha value is -3.36. The van der Waals surface area contributed by atoms with E-state index < -0.39 is 28.5 Å². The van der Waals surface area contributed by atoms with Gasteiger partial charge in [0.25, 0.3) is 10.0 Å². The molecule has 0 saturated heterocycles. The van der Waals surface area contributed by atoms with Crippen LogP contribution in [0, 0.1) is 6.92 Å². The van der Waals surface area contributed by atoms with Gasteiger partial charge in [-0.05, 0) is 68.7 Å². The minimum absolute atomic E-state index is 0.0146. The monoisotopic (exact) mass is 567 g/mol. The van der Waals surface area contributed by atoms with Gasteiger partial charge in [-0.3, -0.25) is 13.9 Å². The van der Waals surface area contributed by atoms with Gasteiger partial charge in [0.2, 0.25) is 11.8 Å². The Bertz CT molecular complexity index is 1390. The van der Waals surface area contributed by atoms with Crippen molar-refractivity contribution in [1.82, 2.24) is 10.2 Å². The van der Waals surface area contributed by atoms with Crippen LogP contribution in [0.3, 0.4) is 0 Å². The van der Waals surface area contributed by atoms with E-state index in [9.17, 15) is 18.0 Å². The molecule has 1 aliphatic rings. The highest BCUT2D eigenvalue weighted by Crippen LogP contribution is 2.25. The molecule has 206 valence electrons. The fourth-order valence-corrected chi connectivity index (χ4v) is 6.38. The molecule has 1 N–H and O–H groups in total. The maximum absolute atomic E-state index is 14.0. The van der Waals surface area contributed by atoms with Gasteiger partial charge in [-0.25, -0.2) is 8.42 Å². The average molecular weight is 568 g/mol. The summed E-state index contributed by atoms with van der Waals surface area (Å²) < 4.78 is 28.6. The number of rotatable bonds is 10. The highest BCUT2D eigenvalue weighted by atomic mass is 35.5. The van der Waals surface area contributed by atoms with Crippen LogP contribution in [0.2, 0.25) is 5.02 Å². The lowest BCUT2D eigenvalue weighted by Gasteiger charge is -2.32. The van der Waals surface area contributed by atoms with Crippen LogP contribution in [-0.2, 0) is 26.2 Å². The molecule has 2 amide bonds. The Balaban J connectivity index is 1.66. The highest BCUT2D eigenvalue weighted by Gasteiger charge is 2.33. The number of anilines is 1. The summed E-state index contributed by atoms with van der Waals surface area (Å²) in [6.07, 6.45) is 3.98. The summed E-state index contributed by atoms with van der Waals surface area (Å²) in [4.78, 5) is 28.7. The molecule has 1 saturated carbocycles. The number of sulfonamides is 1. The van der Waals surface area contributed by atoms with Gasteiger partial charge in [-0.2, -0.15) is 0 Å². The number of nitrogens with one attached hydrogen (secondary N) is 1. The zero-order valence-corrected chi connectivity index (χ0v) is 23.8. The smallest absolute Gasteiger partial charge is 0.264 e. The van der Waals surface area contributed by atoms with Crippen molar-refractivity contribution in [2.75, 3.05) is 10.8 Å². The van der Waals surface area contributed by atoms with Crippen molar-refractivity contribution in [1.29, 1.82) is 0 Å². The molecule has 0 bridgehead atoms. The van der Waals surface area contributed by atoms with Crippen molar-refractivity contribution in [3.8, 4) is 0 Å². The fourth-order valence-electron chi connectivity index (χ4n) is 4.84. The van der Waals surface area contributed by atoms with Crippen LogP contribution < -0.4 is 9.62 Å². The van der Waals surface area contributed by atoms with Crippen LogP contribution in [0.4, 0.5) is 5.69 Å². The van der Waals surface area contributed by atoms with E-state index in [4.69, 9.17) is 11.6 Å². The average Bonchev–Trinajstić information content (AvgIpc) is 3.43. The standard InChI is InChI=1S/C30H34ClN3O4S/c1-22-9-8-10-24(19-22)20-33(23(2)30(36)32-26-11-6-7-12-26)29(35)21-34(27-13-4-3-5-14-27)39(37,38)28-17-15-25(31)16-18-28/h3-5,8-10,13-19,23,26H,6-7,11-12,20-21H2,1-2H3,(H,32,36). The maximum atomic E-state index is 14.0. The first-order valence-electron chi connectivity index (χ1n) is 13.1. The Morgan fingerprint density at radius 1 is 0.974 bits per heavy atom. The van der Waals surface area contributed by atoms with Gasteiger partial charge in [0, 0.05) is 17.6 Å². The first-order valence-corrected chi connectivity index (χ1v) is 15.0. The van der Waals surface area contributed by atoms with E-state index in [0.29, 0.717) is 10.7 Å². The molecular formula is C30H34ClN3O4S. The molecule has 7 nitrogen and oxygen atoms in total. The van der Waals surface area contributed by atoms with Gasteiger partial charge in [0.15, 0.2) is 0 Å². The molecular weight excluding hydrogens is 534 g/mol. The number of halogens is 1. The lowest BCUT2D eigenvalue weighted by Crippen LogP contribution is -2.52. The molecule has 1 atom stereocenters. The van der Waals surface area contributed by atoms with Crippen LogP contribution in [-0.4, -0.2) is 43.8 Å². The summed E-state index contributed by atoms with van der Waals surface area (Å²) in [5.41, 5.74) is 2.23. The minimum Gasteiger partial charge on any atom is -0.352 e. The number of benzene rings is 3. The molecule has 0 radical (unpaired) electrons. The van der Waals surface area contributed by atoms with Crippen molar-refractivity contribution in [3.63, 3.8) is 0 Å². The molecule has 1 aliphatic carbocycles. The van der Waals surface area contributed by atoms with Gasteiger partial charge >= 0.3 is 0 Å². The molecule has 0 heterocycles. The number of para-hydroxylation sites is 1. The lowest BCUT2D eigenvalue weighted by molar-refractivity contribution is -0.139. The first kappa shape index (κ1) is 28.6. The predicted molar refractivity (Wildman–Crippen MR) is 154 cm³/mol. The van der Waals surface area contributed by atoms with Crippen molar-refractivity contribution in [2.45, 2.75) is 63.1 Å². The Labute approximate surface area is 235 Å². The van der Waals surface area contributed by atoms with Gasteiger partial charge in [-0.1, -0.05) is 72.5 Å². The molecule has 3 aromatic rings. The van der Waals surface area contributed by atoms with E-state index in [1.807, 2.05) is 31.2 Å². The summed E-state index contributed by atoms with van der Waals surface area (Å²) >= 11 is 5.99. The number of carbonyl (C=O) groups is 2. The van der Waals surface area contributed by atoms with E-state index in [2.05, 4.69) is 5.32 Å². The highest BCUT2D eigenvalue weighted by molar-refractivity contribution is 7.92. The second-order valence-electron chi connectivity index (χ2n) is 9.98. The van der Waals surface area contributed by atoms with Crippen LogP contribution in [0.5, 0.6) is 0 Å². The number of carbonyl (C=O) groups excluding carboxylic acids is 2. The third-order valence-corrected chi connectivity index (χ3v) is 9.07. The topological polar surface area (TPSA) is 86.8 Å². The molecule has 0 spiro atoms. The Morgan fingerprint density at radius 3 is 2.28 bits per heavy atom. The summed E-state index contributed by atoms with van der Waals surface area (Å²) in [6, 6.07) is 21.3. The van der Waals surface area contributed by atoms with Crippen molar-refractivity contribution in [3.05, 3.63) is 95.0 Å². The molecule has 3 aromatic carbocycles. The predicted octanol–water partition coefficient (Wildman–Crippen LogP) is 5.32. The van der Waals surface area contributed by atoms with Crippen LogP contribution >= 0.6 is 11.6 Å². The molecule has 1 fully saturated rings. The van der Waals surface area contributed by atoms with E-state index in [1.54, 1.807) is 37.3 Å². The summed E-state index contributed by atoms with van der Waals surface area (Å²) in [5, 5.41) is 3.49. The number of amides is 2. The van der Waals surface area contributed by atoms with Crippen molar-refractivity contribution >= 4 is 39.1 Å². The van der Waals surface area contributed by atoms with Gasteiger partial charge in [0.05, 0.1) is 10.6 Å². The zero-order chi connectivity index (χ0) is 28.0. The summed E-state index contributed by atoms with van der Waals surface area (Å²) in [7, 11) is -4.12. The third kappa shape index (κ3) is 7.19. The first-order chi connectivity index (χ1) is 18.6. The van der Waals surface area contributed by atoms with Gasteiger partial charge in [0.1, 0.15) is 12.6 Å². The van der Waals surface area contributed by atoms with Crippen LogP contribution in [0.25, 0.3) is 0 Å². The number of hydrogen-bond acceptors (Lipinski definition) is 4. The maximum Gasteiger partial charge on any atom is 0.264 e. The van der Waals surface area contributed by atoms with Crippen LogP contribution in [0.1, 0.15) is 43.7 Å². The Kier molecular flexibility index (Phi) is 9.30. The largest absolute Gasteiger partial charge is 0.352 e. The van der Waals surface area contributed by atoms with Gasteiger partial charge in [-0.15, -0.1) is 0 Å². The van der Waals surface area contributed by atoms with E-state index >= 15 is 0 Å². The second-order valence-corrected chi connectivity index (χ2v) is 12.3. The molecule has 0 aliphatic heterocycles. The van der Waals surface area contributed by atoms with E-state index in [0.717, 1.165) is 41.1 Å². The summed E-state index contributed by atoms with van der Waals surface area (Å²) in [6.45, 7) is 3.35. The minimum atomic E-state index is -4.12. The molecule has 1 unspecified atom stereocenters. The SMILES string of the molecule is Cc1cccc(CN(C(=O)CN(c2ccccc2)S(=O)(=O)c2ccc(Cl)cc2)C(C)C(=O)NC2CCCC2)c1. The lowest BCUT2D eigenvalue weighted by atomic mass is 10.1. The van der Waals surface area contributed by atoms with Crippen LogP contribution in [0.15, 0.2) is 83.8 Å². The molecule has 9 heteroatoms. The second kappa shape index (κ2) is 12.7. The summed E-state index contributed by atoms with van der Waals surface area (Å²) in [5.74, 6) is -0.721. The third-order valence-electron chi connectivity index (χ3n) is 7.03. The Morgan fingerprint density at radius 2 is 1.64 bits per heavy atom. The van der Waals surface area contributed by atoms with Gasteiger partial charge < -0.3 is 10.2 Å². The normalized spacial score (nSPS) is 14.5. The number of aryl methyl sites for hydroxylation is 1. The van der Waals surface area contributed by atoms with E-state index in [1.165, 1.54) is 29.2 Å². The molecule has 39 heavy (non-hydrogen) atoms. The van der Waals surface area contributed by atoms with Crippen molar-refractivity contribution < 1.29 is 18.0 Å². The van der Waals surface area contributed by atoms with E-state index in [-0.39, 0.29) is 23.4 Å². The quantitative estimate of drug-likeness (QED) is 0.359.